The van der Waals surface area contributed by atoms with E-state index in [2.05, 4.69) is 10.5 Å². The average molecular weight is 282 g/mol. The highest BCUT2D eigenvalue weighted by molar-refractivity contribution is 7.85. The van der Waals surface area contributed by atoms with Crippen LogP contribution in [0.1, 0.15) is 6.42 Å². The first kappa shape index (κ1) is 13.6. The van der Waals surface area contributed by atoms with Gasteiger partial charge >= 0.3 is 0 Å². The van der Waals surface area contributed by atoms with Crippen LogP contribution in [0.25, 0.3) is 11.0 Å². The van der Waals surface area contributed by atoms with Gasteiger partial charge in [0.15, 0.2) is 0 Å². The molecule has 7 heteroatoms. The van der Waals surface area contributed by atoms with Crippen LogP contribution in [0.15, 0.2) is 45.9 Å². The third kappa shape index (κ3) is 4.38. The SMILES string of the molecule is O=S(=O)(O)CCCN/N=c1/ccc2ccccc2o1. The molecule has 1 heterocycles. The Kier molecular flexibility index (Phi) is 4.18. The topological polar surface area (TPSA) is 91.9 Å². The monoisotopic (exact) mass is 282 g/mol. The van der Waals surface area contributed by atoms with Gasteiger partial charge in [-0.05, 0) is 18.6 Å². The van der Waals surface area contributed by atoms with E-state index in [1.165, 1.54) is 0 Å². The second-order valence-corrected chi connectivity index (χ2v) is 5.54. The highest BCUT2D eigenvalue weighted by atomic mass is 32.2. The van der Waals surface area contributed by atoms with Gasteiger partial charge < -0.3 is 9.84 Å². The summed E-state index contributed by atoms with van der Waals surface area (Å²) in [7, 11) is -3.90. The molecular formula is C12H14N2O4S. The Morgan fingerprint density at radius 1 is 1.21 bits per heavy atom. The zero-order valence-corrected chi connectivity index (χ0v) is 10.9. The smallest absolute Gasteiger partial charge is 0.264 e. The summed E-state index contributed by atoms with van der Waals surface area (Å²) in [5.41, 5.74) is 3.83. The Hall–Kier alpha value is -1.86. The van der Waals surface area contributed by atoms with E-state index in [-0.39, 0.29) is 12.2 Å². The maximum atomic E-state index is 10.5. The first-order chi connectivity index (χ1) is 9.04. The van der Waals surface area contributed by atoms with Crippen LogP contribution in [0, 0.1) is 0 Å². The largest absolute Gasteiger partial charge is 0.437 e. The van der Waals surface area contributed by atoms with Gasteiger partial charge in [0.05, 0.1) is 5.75 Å². The number of nitrogens with one attached hydrogen (secondary N) is 1. The van der Waals surface area contributed by atoms with Crippen molar-refractivity contribution in [3.63, 3.8) is 0 Å². The molecule has 2 N–H and O–H groups in total. The first-order valence-electron chi connectivity index (χ1n) is 5.75. The molecule has 0 fully saturated rings. The minimum atomic E-state index is -3.90. The van der Waals surface area contributed by atoms with Crippen molar-refractivity contribution in [1.82, 2.24) is 5.43 Å². The number of hydrogen-bond acceptors (Lipinski definition) is 5. The molecule has 2 rings (SSSR count). The van der Waals surface area contributed by atoms with E-state index >= 15 is 0 Å². The van der Waals surface area contributed by atoms with Gasteiger partial charge in [0.25, 0.3) is 10.1 Å². The number of para-hydroxylation sites is 1. The lowest BCUT2D eigenvalue weighted by Crippen LogP contribution is -2.16. The molecule has 0 bridgehead atoms. The lowest BCUT2D eigenvalue weighted by Gasteiger charge is -1.99. The predicted octanol–water partition coefficient (Wildman–Crippen LogP) is 1.12. The minimum absolute atomic E-state index is 0.274. The van der Waals surface area contributed by atoms with E-state index in [1.54, 1.807) is 6.07 Å². The molecule has 0 saturated carbocycles. The van der Waals surface area contributed by atoms with Crippen LogP contribution in [-0.4, -0.2) is 25.3 Å². The molecule has 0 aliphatic heterocycles. The summed E-state index contributed by atoms with van der Waals surface area (Å²) >= 11 is 0. The third-order valence-electron chi connectivity index (χ3n) is 2.42. The highest BCUT2D eigenvalue weighted by Crippen LogP contribution is 2.09. The number of hydrogen-bond donors (Lipinski definition) is 2. The molecule has 19 heavy (non-hydrogen) atoms. The lowest BCUT2D eigenvalue weighted by atomic mass is 10.2. The molecule has 0 radical (unpaired) electrons. The fourth-order valence-corrected chi connectivity index (χ4v) is 2.06. The number of nitrogens with zero attached hydrogens (tertiary/aromatic N) is 1. The fraction of sp³-hybridized carbons (Fsp3) is 0.250. The predicted molar refractivity (Wildman–Crippen MR) is 70.8 cm³/mol. The average Bonchev–Trinajstić information content (AvgIpc) is 2.37. The van der Waals surface area contributed by atoms with Crippen LogP contribution in [0.5, 0.6) is 0 Å². The first-order valence-corrected chi connectivity index (χ1v) is 7.36. The molecule has 2 aromatic rings. The molecule has 1 aromatic heterocycles. The second kappa shape index (κ2) is 5.85. The van der Waals surface area contributed by atoms with E-state index in [0.717, 1.165) is 11.0 Å². The summed E-state index contributed by atoms with van der Waals surface area (Å²) in [6.45, 7) is 0.335. The summed E-state index contributed by atoms with van der Waals surface area (Å²) in [5, 5.41) is 4.96. The Morgan fingerprint density at radius 3 is 2.79 bits per heavy atom. The number of fused-ring (bicyclic) bond motifs is 1. The van der Waals surface area contributed by atoms with Crippen molar-refractivity contribution in [1.29, 1.82) is 0 Å². The van der Waals surface area contributed by atoms with Gasteiger partial charge in [0.2, 0.25) is 5.55 Å². The van der Waals surface area contributed by atoms with Gasteiger partial charge in [-0.15, -0.1) is 5.10 Å². The zero-order valence-electron chi connectivity index (χ0n) is 10.1. The van der Waals surface area contributed by atoms with E-state index < -0.39 is 10.1 Å². The molecule has 0 aliphatic rings. The Morgan fingerprint density at radius 2 is 2.00 bits per heavy atom. The maximum Gasteiger partial charge on any atom is 0.264 e. The van der Waals surface area contributed by atoms with Crippen LogP contribution in [-0.2, 0) is 10.1 Å². The van der Waals surface area contributed by atoms with Crippen molar-refractivity contribution in [2.45, 2.75) is 6.42 Å². The van der Waals surface area contributed by atoms with Gasteiger partial charge in [-0.25, -0.2) is 0 Å². The number of rotatable bonds is 5. The van der Waals surface area contributed by atoms with Crippen molar-refractivity contribution in [2.75, 3.05) is 12.3 Å². The van der Waals surface area contributed by atoms with Crippen LogP contribution in [0.4, 0.5) is 0 Å². The Balaban J connectivity index is 1.98. The van der Waals surface area contributed by atoms with Crippen LogP contribution >= 0.6 is 0 Å². The van der Waals surface area contributed by atoms with Crippen molar-refractivity contribution in [3.8, 4) is 0 Å². The highest BCUT2D eigenvalue weighted by Gasteiger charge is 2.02. The van der Waals surface area contributed by atoms with E-state index in [0.29, 0.717) is 12.1 Å². The van der Waals surface area contributed by atoms with Gasteiger partial charge in [-0.3, -0.25) is 4.55 Å². The van der Waals surface area contributed by atoms with Gasteiger partial charge in [-0.1, -0.05) is 18.2 Å². The molecule has 1 aromatic carbocycles. The molecule has 0 atom stereocenters. The fourth-order valence-electron chi connectivity index (χ4n) is 1.55. The molecule has 0 saturated heterocycles. The van der Waals surface area contributed by atoms with E-state index in [4.69, 9.17) is 8.97 Å². The standard InChI is InChI=1S/C12H14N2O4S/c15-19(16,17)9-3-8-13-14-12-7-6-10-4-1-2-5-11(10)18-12/h1-2,4-7,13H,3,8-9H2,(H,15,16,17)/b14-12-. The maximum absolute atomic E-state index is 10.5. The second-order valence-electron chi connectivity index (χ2n) is 3.97. The van der Waals surface area contributed by atoms with Gasteiger partial charge in [0.1, 0.15) is 5.58 Å². The lowest BCUT2D eigenvalue weighted by molar-refractivity contribution is 0.478. The van der Waals surface area contributed by atoms with Crippen molar-refractivity contribution in [2.24, 2.45) is 5.10 Å². The Labute approximate surface area is 110 Å². The van der Waals surface area contributed by atoms with Crippen LogP contribution in [0.2, 0.25) is 0 Å². The zero-order chi connectivity index (χ0) is 13.7. The molecule has 0 amide bonds. The van der Waals surface area contributed by atoms with Crippen molar-refractivity contribution >= 4 is 21.1 Å². The molecule has 0 spiro atoms. The molecule has 6 nitrogen and oxygen atoms in total. The summed E-state index contributed by atoms with van der Waals surface area (Å²) in [6, 6.07) is 11.2. The third-order valence-corrected chi connectivity index (χ3v) is 3.22. The summed E-state index contributed by atoms with van der Waals surface area (Å²) < 4.78 is 35.0. The number of benzene rings is 1. The van der Waals surface area contributed by atoms with Gasteiger partial charge in [-0.2, -0.15) is 8.42 Å². The molecule has 0 aliphatic carbocycles. The molecular weight excluding hydrogens is 268 g/mol. The summed E-state index contributed by atoms with van der Waals surface area (Å²) in [4.78, 5) is 0. The van der Waals surface area contributed by atoms with Crippen molar-refractivity contribution in [3.05, 3.63) is 42.0 Å². The summed E-state index contributed by atoms with van der Waals surface area (Å²) in [6.07, 6.45) is 0.274. The Bertz CT molecular complexity index is 722. The van der Waals surface area contributed by atoms with Crippen LogP contribution in [0.3, 0.4) is 0 Å². The molecule has 0 unspecified atom stereocenters. The summed E-state index contributed by atoms with van der Waals surface area (Å²) in [5.74, 6) is -0.287. The quantitative estimate of drug-likeness (QED) is 0.487. The molecule has 102 valence electrons. The minimum Gasteiger partial charge on any atom is -0.437 e. The van der Waals surface area contributed by atoms with Crippen LogP contribution < -0.4 is 11.0 Å². The van der Waals surface area contributed by atoms with E-state index in [9.17, 15) is 8.42 Å². The van der Waals surface area contributed by atoms with E-state index in [1.807, 2.05) is 30.3 Å². The van der Waals surface area contributed by atoms with Gasteiger partial charge in [0, 0.05) is 18.0 Å². The van der Waals surface area contributed by atoms with Crippen molar-refractivity contribution < 1.29 is 17.4 Å². The normalized spacial score (nSPS) is 12.8.